The van der Waals surface area contributed by atoms with E-state index in [2.05, 4.69) is 29.4 Å². The molecule has 0 spiro atoms. The van der Waals surface area contributed by atoms with Gasteiger partial charge in [0.2, 0.25) is 0 Å². The molecular weight excluding hydrogens is 282 g/mol. The second-order valence-electron chi connectivity index (χ2n) is 5.03. The van der Waals surface area contributed by atoms with E-state index < -0.39 is 5.54 Å². The number of nitrogens with one attached hydrogen (secondary N) is 1. The van der Waals surface area contributed by atoms with Crippen LogP contribution in [0.3, 0.4) is 0 Å². The highest BCUT2D eigenvalue weighted by Gasteiger charge is 2.52. The first-order chi connectivity index (χ1) is 9.08. The normalized spacial score (nSPS) is 18.3. The van der Waals surface area contributed by atoms with Crippen molar-refractivity contribution in [1.82, 2.24) is 15.5 Å². The number of ether oxygens (including phenoxy) is 1. The number of hydrogen-bond donors (Lipinski definition) is 1. The van der Waals surface area contributed by atoms with Crippen LogP contribution in [0, 0.1) is 5.92 Å². The van der Waals surface area contributed by atoms with Crippen molar-refractivity contribution >= 4 is 29.1 Å². The number of nitrogens with zero attached hydrogens (tertiary/aromatic N) is 2. The Bertz CT molecular complexity index is 421. The summed E-state index contributed by atoms with van der Waals surface area (Å²) in [5.74, 6) is 0.834. The van der Waals surface area contributed by atoms with Crippen molar-refractivity contribution in [2.24, 2.45) is 5.92 Å². The molecule has 1 N–H and O–H groups in total. The third kappa shape index (κ3) is 3.46. The Morgan fingerprint density at radius 2 is 2.42 bits per heavy atom. The molecule has 106 valence electrons. The summed E-state index contributed by atoms with van der Waals surface area (Å²) < 4.78 is 5.93. The largest absolute Gasteiger partial charge is 0.468 e. The summed E-state index contributed by atoms with van der Waals surface area (Å²) in [5, 5.41) is 11.3. The molecule has 1 unspecified atom stereocenters. The van der Waals surface area contributed by atoms with E-state index in [1.165, 1.54) is 18.4 Å². The number of methoxy groups -OCH3 is 1. The lowest BCUT2D eigenvalue weighted by Gasteiger charge is -2.33. The molecule has 1 aromatic rings. The van der Waals surface area contributed by atoms with Gasteiger partial charge in [-0.25, -0.2) is 0 Å². The number of carbonyl (C=O) groups is 1. The van der Waals surface area contributed by atoms with Crippen LogP contribution < -0.4 is 5.32 Å². The van der Waals surface area contributed by atoms with Crippen LogP contribution in [-0.2, 0) is 9.53 Å². The highest BCUT2D eigenvalue weighted by molar-refractivity contribution is 8.01. The molecule has 19 heavy (non-hydrogen) atoms. The van der Waals surface area contributed by atoms with E-state index in [0.29, 0.717) is 11.7 Å². The van der Waals surface area contributed by atoms with Crippen LogP contribution in [0.1, 0.15) is 26.7 Å². The van der Waals surface area contributed by atoms with E-state index in [1.54, 1.807) is 17.3 Å². The Morgan fingerprint density at radius 3 is 2.89 bits per heavy atom. The summed E-state index contributed by atoms with van der Waals surface area (Å²) >= 11 is 3.06. The van der Waals surface area contributed by atoms with Gasteiger partial charge in [0, 0.05) is 11.8 Å². The second kappa shape index (κ2) is 6.19. The first-order valence-electron chi connectivity index (χ1n) is 6.33. The van der Waals surface area contributed by atoms with Crippen LogP contribution in [-0.4, -0.2) is 40.6 Å². The number of aromatic nitrogens is 2. The van der Waals surface area contributed by atoms with E-state index in [4.69, 9.17) is 4.74 Å². The van der Waals surface area contributed by atoms with Crippen LogP contribution in [0.2, 0.25) is 0 Å². The lowest BCUT2D eigenvalue weighted by molar-refractivity contribution is -0.148. The fourth-order valence-corrected chi connectivity index (χ4v) is 3.99. The van der Waals surface area contributed by atoms with Crippen molar-refractivity contribution in [3.05, 3.63) is 5.51 Å². The summed E-state index contributed by atoms with van der Waals surface area (Å²) in [6.45, 7) is 4.10. The highest BCUT2D eigenvalue weighted by Crippen LogP contribution is 2.43. The molecule has 7 heteroatoms. The van der Waals surface area contributed by atoms with E-state index in [1.807, 2.05) is 0 Å². The quantitative estimate of drug-likeness (QED) is 0.613. The third-order valence-corrected chi connectivity index (χ3v) is 5.19. The van der Waals surface area contributed by atoms with Crippen molar-refractivity contribution in [3.63, 3.8) is 0 Å². The second-order valence-corrected chi connectivity index (χ2v) is 7.09. The predicted octanol–water partition coefficient (Wildman–Crippen LogP) is 1.95. The molecule has 5 nitrogen and oxygen atoms in total. The summed E-state index contributed by atoms with van der Waals surface area (Å²) in [4.78, 5) is 12.3. The lowest BCUT2D eigenvalue weighted by Crippen LogP contribution is -2.59. The average molecular weight is 301 g/mol. The highest BCUT2D eigenvalue weighted by atomic mass is 32.2. The first-order valence-corrected chi connectivity index (χ1v) is 8.20. The zero-order chi connectivity index (χ0) is 13.9. The van der Waals surface area contributed by atoms with Crippen LogP contribution in [0.25, 0.3) is 0 Å². The summed E-state index contributed by atoms with van der Waals surface area (Å²) in [5.41, 5.74) is 1.11. The summed E-state index contributed by atoms with van der Waals surface area (Å²) in [6, 6.07) is 0.231. The minimum atomic E-state index is -0.598. The number of hydrogen-bond acceptors (Lipinski definition) is 7. The monoisotopic (exact) mass is 301 g/mol. The fourth-order valence-electron chi connectivity index (χ4n) is 2.24. The van der Waals surface area contributed by atoms with Crippen molar-refractivity contribution < 1.29 is 9.53 Å². The molecule has 1 aromatic heterocycles. The van der Waals surface area contributed by atoms with E-state index >= 15 is 0 Å². The average Bonchev–Trinajstić information content (AvgIpc) is 3.11. The molecule has 0 amide bonds. The van der Waals surface area contributed by atoms with Gasteiger partial charge < -0.3 is 4.74 Å². The minimum Gasteiger partial charge on any atom is -0.468 e. The van der Waals surface area contributed by atoms with Crippen molar-refractivity contribution in [1.29, 1.82) is 0 Å². The third-order valence-electron chi connectivity index (χ3n) is 3.13. The fraction of sp³-hybridized carbons (Fsp3) is 0.750. The minimum absolute atomic E-state index is 0.166. The van der Waals surface area contributed by atoms with Gasteiger partial charge in [-0.05, 0) is 32.6 Å². The Hall–Kier alpha value is -0.660. The Labute approximate surface area is 121 Å². The molecule has 2 rings (SSSR count). The molecule has 1 saturated carbocycles. The zero-order valence-corrected chi connectivity index (χ0v) is 13.0. The molecule has 0 bridgehead atoms. The molecule has 1 aliphatic rings. The summed E-state index contributed by atoms with van der Waals surface area (Å²) in [6.07, 6.45) is 2.15. The predicted molar refractivity (Wildman–Crippen MR) is 76.4 cm³/mol. The van der Waals surface area contributed by atoms with Crippen LogP contribution in [0.4, 0.5) is 0 Å². The maximum atomic E-state index is 12.3. The van der Waals surface area contributed by atoms with Crippen LogP contribution >= 0.6 is 23.1 Å². The molecule has 1 aliphatic carbocycles. The van der Waals surface area contributed by atoms with E-state index in [9.17, 15) is 4.79 Å². The Kier molecular flexibility index (Phi) is 4.81. The van der Waals surface area contributed by atoms with Gasteiger partial charge in [0.25, 0.3) is 0 Å². The van der Waals surface area contributed by atoms with Crippen LogP contribution in [0.15, 0.2) is 9.85 Å². The van der Waals surface area contributed by atoms with Gasteiger partial charge >= 0.3 is 5.97 Å². The van der Waals surface area contributed by atoms with Gasteiger partial charge in [0.1, 0.15) is 11.0 Å². The van der Waals surface area contributed by atoms with Gasteiger partial charge in [-0.3, -0.25) is 10.1 Å². The molecule has 0 aliphatic heterocycles. The van der Waals surface area contributed by atoms with Gasteiger partial charge in [-0.15, -0.1) is 10.2 Å². The van der Waals surface area contributed by atoms with Crippen molar-refractivity contribution in [3.8, 4) is 0 Å². The molecule has 1 heterocycles. The summed E-state index contributed by atoms with van der Waals surface area (Å²) in [7, 11) is 1.46. The van der Waals surface area contributed by atoms with Crippen LogP contribution in [0.5, 0.6) is 0 Å². The molecule has 0 aromatic carbocycles. The molecule has 0 radical (unpaired) electrons. The Balaban J connectivity index is 2.13. The standard InChI is InChI=1S/C12H19N3O2S2/c1-8(2)14-12(9-4-5-9,10(16)17-3)6-18-11-15-13-7-19-11/h7-9,14H,4-6H2,1-3H3. The molecular formula is C12H19N3O2S2. The number of carbonyl (C=O) groups excluding carboxylic acids is 1. The topological polar surface area (TPSA) is 64.1 Å². The SMILES string of the molecule is COC(=O)C(CSc1nncs1)(NC(C)C)C1CC1. The maximum Gasteiger partial charge on any atom is 0.327 e. The maximum absolute atomic E-state index is 12.3. The number of thioether (sulfide) groups is 1. The van der Waals surface area contributed by atoms with Crippen molar-refractivity contribution in [2.45, 2.75) is 42.6 Å². The van der Waals surface area contributed by atoms with Gasteiger partial charge in [0.05, 0.1) is 7.11 Å². The van der Waals surface area contributed by atoms with Gasteiger partial charge in [0.15, 0.2) is 4.34 Å². The van der Waals surface area contributed by atoms with E-state index in [-0.39, 0.29) is 12.0 Å². The van der Waals surface area contributed by atoms with Gasteiger partial charge in [-0.1, -0.05) is 23.1 Å². The van der Waals surface area contributed by atoms with E-state index in [0.717, 1.165) is 17.2 Å². The molecule has 0 saturated heterocycles. The van der Waals surface area contributed by atoms with Crippen molar-refractivity contribution in [2.75, 3.05) is 12.9 Å². The smallest absolute Gasteiger partial charge is 0.327 e. The first kappa shape index (κ1) is 14.7. The molecule has 1 fully saturated rings. The Morgan fingerprint density at radius 1 is 1.68 bits per heavy atom. The number of esters is 1. The van der Waals surface area contributed by atoms with Gasteiger partial charge in [-0.2, -0.15) is 0 Å². The lowest BCUT2D eigenvalue weighted by atomic mass is 9.94. The number of rotatable bonds is 7. The zero-order valence-electron chi connectivity index (χ0n) is 11.4. The molecule has 1 atom stereocenters.